The van der Waals surface area contributed by atoms with Crippen LogP contribution in [0.25, 0.3) is 6.08 Å². The van der Waals surface area contributed by atoms with Crippen molar-refractivity contribution in [2.45, 2.75) is 6.92 Å². The largest absolute Gasteiger partial charge is 0.494 e. The van der Waals surface area contributed by atoms with Gasteiger partial charge in [0.25, 0.3) is 5.91 Å². The standard InChI is InChI=1S/C18H15ClN2O2S/c1-2-23-15-8-4-7-14(11-15)21-17(22)16(20-18(21)24)10-12-5-3-6-13(19)9-12/h3-11H,2H2,1H3,(H,20,24)/b16-10-. The number of benzene rings is 2. The van der Waals surface area contributed by atoms with Crippen molar-refractivity contribution in [1.29, 1.82) is 0 Å². The molecule has 6 heteroatoms. The second-order valence-electron chi connectivity index (χ2n) is 5.11. The zero-order chi connectivity index (χ0) is 17.1. The lowest BCUT2D eigenvalue weighted by Gasteiger charge is -2.15. The Morgan fingerprint density at radius 2 is 2.04 bits per heavy atom. The minimum Gasteiger partial charge on any atom is -0.494 e. The number of hydrogen-bond acceptors (Lipinski definition) is 3. The Kier molecular flexibility index (Phi) is 4.83. The fourth-order valence-corrected chi connectivity index (χ4v) is 2.91. The molecule has 0 saturated carbocycles. The molecular formula is C18H15ClN2O2S. The van der Waals surface area contributed by atoms with Crippen LogP contribution < -0.4 is 15.0 Å². The first-order valence-electron chi connectivity index (χ1n) is 7.44. The molecule has 1 heterocycles. The van der Waals surface area contributed by atoms with E-state index in [0.717, 1.165) is 5.56 Å². The van der Waals surface area contributed by atoms with Crippen molar-refractivity contribution in [3.8, 4) is 5.75 Å². The zero-order valence-corrected chi connectivity index (χ0v) is 14.5. The number of halogens is 1. The lowest BCUT2D eigenvalue weighted by atomic mass is 10.2. The normalized spacial score (nSPS) is 15.8. The molecule has 1 saturated heterocycles. The van der Waals surface area contributed by atoms with Crippen LogP contribution in [0.2, 0.25) is 5.02 Å². The van der Waals surface area contributed by atoms with E-state index in [2.05, 4.69) is 5.32 Å². The summed E-state index contributed by atoms with van der Waals surface area (Å²) >= 11 is 11.3. The van der Waals surface area contributed by atoms with E-state index in [1.54, 1.807) is 24.3 Å². The van der Waals surface area contributed by atoms with Crippen LogP contribution >= 0.6 is 23.8 Å². The molecule has 1 N–H and O–H groups in total. The number of anilines is 1. The summed E-state index contributed by atoms with van der Waals surface area (Å²) < 4.78 is 5.48. The molecule has 0 radical (unpaired) electrons. The SMILES string of the molecule is CCOc1cccc(N2C(=O)/C(=C/c3cccc(Cl)c3)NC2=S)c1. The van der Waals surface area contributed by atoms with Crippen LogP contribution in [0.15, 0.2) is 54.2 Å². The number of ether oxygens (including phenoxy) is 1. The summed E-state index contributed by atoms with van der Waals surface area (Å²) in [7, 11) is 0. The van der Waals surface area contributed by atoms with E-state index in [-0.39, 0.29) is 5.91 Å². The van der Waals surface area contributed by atoms with E-state index < -0.39 is 0 Å². The highest BCUT2D eigenvalue weighted by molar-refractivity contribution is 7.80. The highest BCUT2D eigenvalue weighted by Gasteiger charge is 2.32. The number of amides is 1. The first kappa shape index (κ1) is 16.5. The first-order chi connectivity index (χ1) is 11.6. The van der Waals surface area contributed by atoms with Gasteiger partial charge in [0.1, 0.15) is 11.4 Å². The molecule has 24 heavy (non-hydrogen) atoms. The minimum absolute atomic E-state index is 0.214. The molecule has 0 unspecified atom stereocenters. The van der Waals surface area contributed by atoms with Crippen LogP contribution in [0.5, 0.6) is 5.75 Å². The highest BCUT2D eigenvalue weighted by atomic mass is 35.5. The van der Waals surface area contributed by atoms with Gasteiger partial charge in [-0.2, -0.15) is 0 Å². The number of nitrogens with zero attached hydrogens (tertiary/aromatic N) is 1. The van der Waals surface area contributed by atoms with Gasteiger partial charge in [0.05, 0.1) is 12.3 Å². The maximum Gasteiger partial charge on any atom is 0.281 e. The predicted molar refractivity (Wildman–Crippen MR) is 100 cm³/mol. The van der Waals surface area contributed by atoms with Crippen LogP contribution in [0.1, 0.15) is 12.5 Å². The molecule has 1 aliphatic rings. The quantitative estimate of drug-likeness (QED) is 0.662. The Bertz CT molecular complexity index is 835. The van der Waals surface area contributed by atoms with Gasteiger partial charge in [-0.15, -0.1) is 0 Å². The van der Waals surface area contributed by atoms with E-state index in [9.17, 15) is 4.79 Å². The summed E-state index contributed by atoms with van der Waals surface area (Å²) in [5.41, 5.74) is 1.90. The van der Waals surface area contributed by atoms with Crippen molar-refractivity contribution in [2.24, 2.45) is 0 Å². The van der Waals surface area contributed by atoms with Gasteiger partial charge < -0.3 is 10.1 Å². The average Bonchev–Trinajstić information content (AvgIpc) is 2.82. The van der Waals surface area contributed by atoms with Gasteiger partial charge in [0.2, 0.25) is 0 Å². The summed E-state index contributed by atoms with van der Waals surface area (Å²) in [6.07, 6.45) is 1.73. The Morgan fingerprint density at radius 3 is 2.79 bits per heavy atom. The maximum absolute atomic E-state index is 12.7. The number of carbonyl (C=O) groups is 1. The number of rotatable bonds is 4. The second-order valence-corrected chi connectivity index (χ2v) is 5.94. The number of hydrogen-bond donors (Lipinski definition) is 1. The van der Waals surface area contributed by atoms with Crippen molar-refractivity contribution < 1.29 is 9.53 Å². The Hall–Kier alpha value is -2.37. The number of thiocarbonyl (C=S) groups is 1. The van der Waals surface area contributed by atoms with E-state index in [0.29, 0.717) is 33.9 Å². The van der Waals surface area contributed by atoms with Crippen LogP contribution in [0.3, 0.4) is 0 Å². The van der Waals surface area contributed by atoms with Crippen molar-refractivity contribution in [2.75, 3.05) is 11.5 Å². The smallest absolute Gasteiger partial charge is 0.281 e. The van der Waals surface area contributed by atoms with Gasteiger partial charge in [-0.05, 0) is 55.0 Å². The fourth-order valence-electron chi connectivity index (χ4n) is 2.41. The predicted octanol–water partition coefficient (Wildman–Crippen LogP) is 4.00. The molecule has 0 atom stereocenters. The van der Waals surface area contributed by atoms with E-state index >= 15 is 0 Å². The van der Waals surface area contributed by atoms with Crippen molar-refractivity contribution >= 4 is 46.6 Å². The highest BCUT2D eigenvalue weighted by Crippen LogP contribution is 2.26. The average molecular weight is 359 g/mol. The molecule has 1 fully saturated rings. The number of nitrogens with one attached hydrogen (secondary N) is 1. The first-order valence-corrected chi connectivity index (χ1v) is 8.22. The van der Waals surface area contributed by atoms with Crippen LogP contribution in [-0.4, -0.2) is 17.6 Å². The van der Waals surface area contributed by atoms with Gasteiger partial charge in [0.15, 0.2) is 5.11 Å². The number of carbonyl (C=O) groups excluding carboxylic acids is 1. The van der Waals surface area contributed by atoms with Crippen molar-refractivity contribution in [1.82, 2.24) is 5.32 Å². The Labute approximate surface area is 150 Å². The summed E-state index contributed by atoms with van der Waals surface area (Å²) in [5.74, 6) is 0.478. The summed E-state index contributed by atoms with van der Waals surface area (Å²) in [5, 5.41) is 3.90. The van der Waals surface area contributed by atoms with Crippen LogP contribution in [0, 0.1) is 0 Å². The molecule has 2 aromatic carbocycles. The molecule has 0 bridgehead atoms. The molecule has 0 spiro atoms. The summed E-state index contributed by atoms with van der Waals surface area (Å²) in [6.45, 7) is 2.46. The van der Waals surface area contributed by atoms with Crippen LogP contribution in [0.4, 0.5) is 5.69 Å². The van der Waals surface area contributed by atoms with Crippen molar-refractivity contribution in [3.63, 3.8) is 0 Å². The van der Waals surface area contributed by atoms with Gasteiger partial charge in [-0.3, -0.25) is 9.69 Å². The third-order valence-corrected chi connectivity index (χ3v) is 3.94. The fraction of sp³-hybridized carbons (Fsp3) is 0.111. The Morgan fingerprint density at radius 1 is 1.25 bits per heavy atom. The van der Waals surface area contributed by atoms with Gasteiger partial charge >= 0.3 is 0 Å². The van der Waals surface area contributed by atoms with E-state index in [1.807, 2.05) is 37.3 Å². The minimum atomic E-state index is -0.214. The van der Waals surface area contributed by atoms with Gasteiger partial charge in [-0.1, -0.05) is 29.8 Å². The molecular weight excluding hydrogens is 344 g/mol. The molecule has 4 nitrogen and oxygen atoms in total. The lowest BCUT2D eigenvalue weighted by molar-refractivity contribution is -0.113. The zero-order valence-electron chi connectivity index (χ0n) is 13.0. The summed E-state index contributed by atoms with van der Waals surface area (Å²) in [4.78, 5) is 14.2. The third-order valence-electron chi connectivity index (χ3n) is 3.42. The maximum atomic E-state index is 12.7. The van der Waals surface area contributed by atoms with Crippen molar-refractivity contribution in [3.05, 3.63) is 64.8 Å². The lowest BCUT2D eigenvalue weighted by Crippen LogP contribution is -2.30. The monoisotopic (exact) mass is 358 g/mol. The summed E-state index contributed by atoms with van der Waals surface area (Å²) in [6, 6.07) is 14.5. The second kappa shape index (κ2) is 7.03. The van der Waals surface area contributed by atoms with Crippen LogP contribution in [-0.2, 0) is 4.79 Å². The van der Waals surface area contributed by atoms with E-state index in [1.165, 1.54) is 4.90 Å². The van der Waals surface area contributed by atoms with E-state index in [4.69, 9.17) is 28.6 Å². The Balaban J connectivity index is 1.90. The third kappa shape index (κ3) is 3.42. The molecule has 0 aromatic heterocycles. The molecule has 1 amide bonds. The molecule has 122 valence electrons. The van der Waals surface area contributed by atoms with Gasteiger partial charge in [0, 0.05) is 11.1 Å². The molecule has 3 rings (SSSR count). The topological polar surface area (TPSA) is 41.6 Å². The van der Waals surface area contributed by atoms with Gasteiger partial charge in [-0.25, -0.2) is 0 Å². The molecule has 2 aromatic rings. The molecule has 0 aliphatic carbocycles. The molecule has 1 aliphatic heterocycles.